The smallest absolute Gasteiger partial charge is 0.0459 e. The molecule has 0 radical (unpaired) electrons. The summed E-state index contributed by atoms with van der Waals surface area (Å²) in [6.45, 7) is 3.71. The van der Waals surface area contributed by atoms with E-state index in [4.69, 9.17) is 5.73 Å². The van der Waals surface area contributed by atoms with Gasteiger partial charge in [-0.05, 0) is 37.4 Å². The van der Waals surface area contributed by atoms with E-state index in [2.05, 4.69) is 16.4 Å². The quantitative estimate of drug-likeness (QED) is 0.791. The first-order valence-electron chi connectivity index (χ1n) is 6.65. The van der Waals surface area contributed by atoms with Crippen LogP contribution in [0.5, 0.6) is 0 Å². The van der Waals surface area contributed by atoms with Crippen LogP contribution in [0, 0.1) is 12.8 Å². The van der Waals surface area contributed by atoms with Gasteiger partial charge >= 0.3 is 0 Å². The third-order valence-corrected chi connectivity index (χ3v) is 3.74. The van der Waals surface area contributed by atoms with Crippen LogP contribution in [-0.2, 0) is 0 Å². The molecular weight excluding hydrogens is 210 g/mol. The summed E-state index contributed by atoms with van der Waals surface area (Å²) in [5.74, 6) is 0.956. The zero-order valence-electron chi connectivity index (χ0n) is 10.7. The number of rotatable bonds is 6. The van der Waals surface area contributed by atoms with Crippen LogP contribution in [0.4, 0.5) is 0 Å². The van der Waals surface area contributed by atoms with E-state index < -0.39 is 0 Å². The number of hydrogen-bond acceptors (Lipinski definition) is 3. The minimum atomic E-state index is 0.253. The van der Waals surface area contributed by atoms with E-state index >= 15 is 0 Å². The Bertz CT molecular complexity index is 330. The fourth-order valence-electron chi connectivity index (χ4n) is 2.27. The molecule has 17 heavy (non-hydrogen) atoms. The van der Waals surface area contributed by atoms with Gasteiger partial charge in [0.25, 0.3) is 0 Å². The van der Waals surface area contributed by atoms with E-state index in [1.54, 1.807) is 0 Å². The van der Waals surface area contributed by atoms with Gasteiger partial charge in [-0.25, -0.2) is 0 Å². The number of hydrogen-bond donors (Lipinski definition) is 2. The molecule has 0 amide bonds. The zero-order chi connectivity index (χ0) is 12.1. The second-order valence-corrected chi connectivity index (χ2v) is 5.06. The number of pyridine rings is 1. The van der Waals surface area contributed by atoms with Gasteiger partial charge in [0.2, 0.25) is 0 Å². The van der Waals surface area contributed by atoms with Gasteiger partial charge in [0.1, 0.15) is 0 Å². The Labute approximate surface area is 104 Å². The molecule has 0 aliphatic heterocycles. The van der Waals surface area contributed by atoms with Gasteiger partial charge in [-0.2, -0.15) is 0 Å². The van der Waals surface area contributed by atoms with Crippen LogP contribution < -0.4 is 11.1 Å². The molecule has 1 unspecified atom stereocenters. The van der Waals surface area contributed by atoms with Gasteiger partial charge in [0.15, 0.2) is 0 Å². The third-order valence-electron chi connectivity index (χ3n) is 3.74. The molecule has 2 rings (SSSR count). The number of nitrogens with one attached hydrogen (secondary N) is 1. The molecule has 1 aromatic heterocycles. The molecule has 3 N–H and O–H groups in total. The van der Waals surface area contributed by atoms with Crippen LogP contribution in [0.15, 0.2) is 18.3 Å². The van der Waals surface area contributed by atoms with Gasteiger partial charge in [-0.1, -0.05) is 25.3 Å². The van der Waals surface area contributed by atoms with E-state index in [0.717, 1.165) is 18.2 Å². The Kier molecular flexibility index (Phi) is 4.51. The van der Waals surface area contributed by atoms with Crippen molar-refractivity contribution < 1.29 is 0 Å². The summed E-state index contributed by atoms with van der Waals surface area (Å²) in [6, 6.07) is 4.42. The third kappa shape index (κ3) is 3.51. The summed E-state index contributed by atoms with van der Waals surface area (Å²) in [5, 5.41) is 3.54. The summed E-state index contributed by atoms with van der Waals surface area (Å²) >= 11 is 0. The molecular formula is C14H23N3. The number of aromatic nitrogens is 1. The fourth-order valence-corrected chi connectivity index (χ4v) is 2.27. The van der Waals surface area contributed by atoms with Crippen molar-refractivity contribution in [1.82, 2.24) is 10.3 Å². The van der Waals surface area contributed by atoms with Gasteiger partial charge in [0.05, 0.1) is 0 Å². The van der Waals surface area contributed by atoms with E-state index in [1.807, 2.05) is 19.2 Å². The van der Waals surface area contributed by atoms with E-state index in [-0.39, 0.29) is 6.04 Å². The molecule has 1 aromatic rings. The lowest BCUT2D eigenvalue weighted by Gasteiger charge is -2.26. The first-order valence-corrected chi connectivity index (χ1v) is 6.65. The Balaban J connectivity index is 1.80. The highest BCUT2D eigenvalue weighted by molar-refractivity contribution is 5.17. The Morgan fingerprint density at radius 1 is 1.47 bits per heavy atom. The van der Waals surface area contributed by atoms with Crippen LogP contribution in [0.2, 0.25) is 0 Å². The highest BCUT2D eigenvalue weighted by Crippen LogP contribution is 2.28. The summed E-state index contributed by atoms with van der Waals surface area (Å²) < 4.78 is 0. The molecule has 1 saturated carbocycles. The normalized spacial score (nSPS) is 17.8. The minimum absolute atomic E-state index is 0.253. The summed E-state index contributed by atoms with van der Waals surface area (Å²) in [6.07, 6.45) is 7.48. The molecule has 3 heteroatoms. The first kappa shape index (κ1) is 12.5. The van der Waals surface area contributed by atoms with Crippen molar-refractivity contribution in [2.45, 2.75) is 38.6 Å². The van der Waals surface area contributed by atoms with Crippen LogP contribution in [-0.4, -0.2) is 18.1 Å². The van der Waals surface area contributed by atoms with Crippen molar-refractivity contribution in [3.63, 3.8) is 0 Å². The van der Waals surface area contributed by atoms with Crippen LogP contribution in [0.1, 0.15) is 43.0 Å². The predicted octanol–water partition coefficient (Wildman–Crippen LogP) is 2.17. The highest BCUT2D eigenvalue weighted by Gasteiger charge is 2.17. The maximum absolute atomic E-state index is 5.82. The Morgan fingerprint density at radius 3 is 2.82 bits per heavy atom. The topological polar surface area (TPSA) is 50.9 Å². The molecule has 1 aliphatic carbocycles. The maximum atomic E-state index is 5.82. The summed E-state index contributed by atoms with van der Waals surface area (Å²) in [4.78, 5) is 4.32. The molecule has 0 saturated heterocycles. The van der Waals surface area contributed by atoms with Crippen LogP contribution in [0.25, 0.3) is 0 Å². The second-order valence-electron chi connectivity index (χ2n) is 5.06. The average molecular weight is 233 g/mol. The van der Waals surface area contributed by atoms with Crippen LogP contribution >= 0.6 is 0 Å². The van der Waals surface area contributed by atoms with Crippen molar-refractivity contribution in [3.05, 3.63) is 29.6 Å². The SMILES string of the molecule is Cc1ccc(C(CN)NCCC2CCC2)cn1. The van der Waals surface area contributed by atoms with E-state index in [0.29, 0.717) is 6.54 Å². The molecule has 0 spiro atoms. The molecule has 94 valence electrons. The van der Waals surface area contributed by atoms with Crippen molar-refractivity contribution in [2.24, 2.45) is 11.7 Å². The summed E-state index contributed by atoms with van der Waals surface area (Å²) in [7, 11) is 0. The van der Waals surface area contributed by atoms with Gasteiger partial charge in [-0.15, -0.1) is 0 Å². The first-order chi connectivity index (χ1) is 8.29. The monoisotopic (exact) mass is 233 g/mol. The summed E-state index contributed by atoms with van der Waals surface area (Å²) in [5.41, 5.74) is 8.07. The molecule has 0 bridgehead atoms. The number of nitrogens with two attached hydrogens (primary N) is 1. The standard InChI is InChI=1S/C14H23N3/c1-11-5-6-13(10-17-11)14(9-15)16-8-7-12-3-2-4-12/h5-6,10,12,14,16H,2-4,7-9,15H2,1H3. The second kappa shape index (κ2) is 6.12. The van der Waals surface area contributed by atoms with Crippen molar-refractivity contribution in [1.29, 1.82) is 0 Å². The maximum Gasteiger partial charge on any atom is 0.0459 e. The Hall–Kier alpha value is -0.930. The largest absolute Gasteiger partial charge is 0.329 e. The van der Waals surface area contributed by atoms with Gasteiger partial charge in [0, 0.05) is 24.5 Å². The Morgan fingerprint density at radius 2 is 2.29 bits per heavy atom. The lowest BCUT2D eigenvalue weighted by Crippen LogP contribution is -2.30. The molecule has 3 nitrogen and oxygen atoms in total. The molecule has 1 aliphatic rings. The highest BCUT2D eigenvalue weighted by atomic mass is 14.9. The van der Waals surface area contributed by atoms with Crippen molar-refractivity contribution in [3.8, 4) is 0 Å². The average Bonchev–Trinajstić information content (AvgIpc) is 2.29. The van der Waals surface area contributed by atoms with E-state index in [9.17, 15) is 0 Å². The van der Waals surface area contributed by atoms with Crippen molar-refractivity contribution in [2.75, 3.05) is 13.1 Å². The molecule has 1 atom stereocenters. The molecule has 0 aromatic carbocycles. The minimum Gasteiger partial charge on any atom is -0.329 e. The predicted molar refractivity (Wildman–Crippen MR) is 70.7 cm³/mol. The molecule has 1 fully saturated rings. The number of aryl methyl sites for hydroxylation is 1. The fraction of sp³-hybridized carbons (Fsp3) is 0.643. The zero-order valence-corrected chi connectivity index (χ0v) is 10.7. The lowest BCUT2D eigenvalue weighted by molar-refractivity contribution is 0.288. The lowest BCUT2D eigenvalue weighted by atomic mass is 9.83. The van der Waals surface area contributed by atoms with Crippen LogP contribution in [0.3, 0.4) is 0 Å². The van der Waals surface area contributed by atoms with Gasteiger partial charge < -0.3 is 11.1 Å². The van der Waals surface area contributed by atoms with E-state index in [1.165, 1.54) is 31.2 Å². The van der Waals surface area contributed by atoms with Crippen molar-refractivity contribution >= 4 is 0 Å². The number of nitrogens with zero attached hydrogens (tertiary/aromatic N) is 1. The van der Waals surface area contributed by atoms with Gasteiger partial charge in [-0.3, -0.25) is 4.98 Å². The molecule has 1 heterocycles.